The molecule has 0 spiro atoms. The Morgan fingerprint density at radius 1 is 0.765 bits per heavy atom. The minimum Gasteiger partial charge on any atom is -0.277 e. The number of aryl methyl sites for hydroxylation is 2. The molecule has 3 heteroatoms. The minimum absolute atomic E-state index is 0.256. The van der Waals surface area contributed by atoms with Gasteiger partial charge in [0.1, 0.15) is 0 Å². The van der Waals surface area contributed by atoms with E-state index in [4.69, 9.17) is 0 Å². The van der Waals surface area contributed by atoms with E-state index in [2.05, 4.69) is 0 Å². The average Bonchev–Trinajstić information content (AvgIpc) is 2.30. The molecule has 0 bridgehead atoms. The van der Waals surface area contributed by atoms with Gasteiger partial charge in [-0.3, -0.25) is 4.57 Å². The van der Waals surface area contributed by atoms with Crippen molar-refractivity contribution in [2.75, 3.05) is 0 Å². The summed E-state index contributed by atoms with van der Waals surface area (Å²) in [5.74, 6) is 0. The van der Waals surface area contributed by atoms with Gasteiger partial charge in [0, 0.05) is 10.6 Å². The summed E-state index contributed by atoms with van der Waals surface area (Å²) in [4.78, 5) is 0. The zero-order valence-electron chi connectivity index (χ0n) is 9.85. The largest absolute Gasteiger partial charge is 0.300 e. The van der Waals surface area contributed by atoms with Crippen LogP contribution in [0.4, 0.5) is 4.20 Å². The summed E-state index contributed by atoms with van der Waals surface area (Å²) in [6.07, 6.45) is 0. The second kappa shape index (κ2) is 4.46. The molecule has 0 unspecified atom stereocenters. The van der Waals surface area contributed by atoms with Crippen LogP contribution in [0.3, 0.4) is 0 Å². The highest BCUT2D eigenvalue weighted by molar-refractivity contribution is 7.74. The molecule has 17 heavy (non-hydrogen) atoms. The van der Waals surface area contributed by atoms with Gasteiger partial charge in [-0.05, 0) is 38.1 Å². The summed E-state index contributed by atoms with van der Waals surface area (Å²) in [6, 6.07) is 13.5. The van der Waals surface area contributed by atoms with Crippen LogP contribution in [-0.4, -0.2) is 0 Å². The van der Waals surface area contributed by atoms with Gasteiger partial charge in [0.2, 0.25) is 0 Å². The van der Waals surface area contributed by atoms with E-state index in [0.717, 1.165) is 11.1 Å². The second-order valence-corrected chi connectivity index (χ2v) is 6.30. The van der Waals surface area contributed by atoms with E-state index < -0.39 is 7.45 Å². The molecule has 0 radical (unpaired) electrons. The molecule has 0 aliphatic rings. The smallest absolute Gasteiger partial charge is 0.277 e. The molecule has 1 nitrogen and oxygen atoms in total. The van der Waals surface area contributed by atoms with Crippen molar-refractivity contribution in [3.05, 3.63) is 59.7 Å². The topological polar surface area (TPSA) is 17.1 Å². The van der Waals surface area contributed by atoms with Crippen molar-refractivity contribution in [3.63, 3.8) is 0 Å². The van der Waals surface area contributed by atoms with Crippen molar-refractivity contribution in [1.29, 1.82) is 0 Å². The lowest BCUT2D eigenvalue weighted by atomic mass is 10.2. The normalized spacial score (nSPS) is 11.5. The summed E-state index contributed by atoms with van der Waals surface area (Å²) in [5, 5.41) is 0.513. The maximum absolute atomic E-state index is 14.4. The number of benzene rings is 2. The molecule has 0 aliphatic heterocycles. The first-order valence-electron chi connectivity index (χ1n) is 5.44. The van der Waals surface area contributed by atoms with Crippen LogP contribution in [0.2, 0.25) is 0 Å². The van der Waals surface area contributed by atoms with Gasteiger partial charge >= 0.3 is 0 Å². The van der Waals surface area contributed by atoms with E-state index in [1.165, 1.54) is 0 Å². The van der Waals surface area contributed by atoms with Crippen molar-refractivity contribution >= 4 is 18.1 Å². The summed E-state index contributed by atoms with van der Waals surface area (Å²) in [7, 11) is -3.94. The fourth-order valence-electron chi connectivity index (χ4n) is 1.62. The minimum atomic E-state index is -3.94. The van der Waals surface area contributed by atoms with Gasteiger partial charge in [0.25, 0.3) is 7.45 Å². The van der Waals surface area contributed by atoms with Gasteiger partial charge in [0.15, 0.2) is 0 Å². The lowest BCUT2D eigenvalue weighted by molar-refractivity contribution is 0.558. The number of hydrogen-bond donors (Lipinski definition) is 0. The predicted octanol–water partition coefficient (Wildman–Crippen LogP) is 3.50. The molecule has 0 amide bonds. The van der Waals surface area contributed by atoms with Crippen LogP contribution in [0.1, 0.15) is 11.1 Å². The fourth-order valence-corrected chi connectivity index (χ4v) is 2.99. The van der Waals surface area contributed by atoms with Crippen LogP contribution in [0.25, 0.3) is 0 Å². The quantitative estimate of drug-likeness (QED) is 0.743. The Morgan fingerprint density at radius 3 is 1.35 bits per heavy atom. The SMILES string of the molecule is Cc1ccc(P(=O)(F)c2ccc(C)cc2)cc1. The molecule has 2 aromatic carbocycles. The summed E-state index contributed by atoms with van der Waals surface area (Å²) >= 11 is 0. The highest BCUT2D eigenvalue weighted by Crippen LogP contribution is 2.44. The highest BCUT2D eigenvalue weighted by Gasteiger charge is 2.26. The molecule has 0 N–H and O–H groups in total. The third-order valence-corrected chi connectivity index (χ3v) is 4.66. The van der Waals surface area contributed by atoms with Gasteiger partial charge in [-0.25, -0.2) is 0 Å². The van der Waals surface area contributed by atoms with Crippen LogP contribution in [0.5, 0.6) is 0 Å². The monoisotopic (exact) mass is 248 g/mol. The molecule has 0 saturated carbocycles. The maximum Gasteiger partial charge on any atom is 0.300 e. The summed E-state index contributed by atoms with van der Waals surface area (Å²) in [5.41, 5.74) is 2.05. The number of hydrogen-bond acceptors (Lipinski definition) is 1. The molecule has 0 saturated heterocycles. The van der Waals surface area contributed by atoms with Crippen molar-refractivity contribution < 1.29 is 8.76 Å². The molecular formula is C14H14FOP. The highest BCUT2D eigenvalue weighted by atomic mass is 31.2. The number of rotatable bonds is 2. The van der Waals surface area contributed by atoms with Gasteiger partial charge < -0.3 is 0 Å². The summed E-state index contributed by atoms with van der Waals surface area (Å²) in [6.45, 7) is 3.83. The Hall–Kier alpha value is -1.40. The zero-order valence-corrected chi connectivity index (χ0v) is 10.7. The van der Waals surface area contributed by atoms with Gasteiger partial charge in [-0.15, -0.1) is 0 Å². The van der Waals surface area contributed by atoms with Crippen molar-refractivity contribution in [1.82, 2.24) is 0 Å². The first kappa shape index (κ1) is 12.1. The van der Waals surface area contributed by atoms with Gasteiger partial charge in [-0.2, -0.15) is 4.20 Å². The van der Waals surface area contributed by atoms with E-state index in [-0.39, 0.29) is 10.6 Å². The average molecular weight is 248 g/mol. The first-order chi connectivity index (χ1) is 8.00. The molecule has 0 aliphatic carbocycles. The Balaban J connectivity index is 2.45. The third kappa shape index (κ3) is 2.48. The maximum atomic E-state index is 14.4. The molecule has 0 fully saturated rings. The lowest BCUT2D eigenvalue weighted by Crippen LogP contribution is -2.12. The van der Waals surface area contributed by atoms with E-state index in [0.29, 0.717) is 0 Å². The van der Waals surface area contributed by atoms with Crippen LogP contribution in [0.15, 0.2) is 48.5 Å². The van der Waals surface area contributed by atoms with Crippen LogP contribution >= 0.6 is 7.45 Å². The molecule has 2 rings (SSSR count). The van der Waals surface area contributed by atoms with E-state index in [9.17, 15) is 8.76 Å². The van der Waals surface area contributed by atoms with E-state index in [1.807, 2.05) is 13.8 Å². The van der Waals surface area contributed by atoms with Crippen LogP contribution in [-0.2, 0) is 4.57 Å². The lowest BCUT2D eigenvalue weighted by Gasteiger charge is -2.10. The van der Waals surface area contributed by atoms with Gasteiger partial charge in [0.05, 0.1) is 0 Å². The standard InChI is InChI=1S/C14H14FOP/c1-11-3-7-13(8-4-11)17(15,16)14-9-5-12(2)6-10-14/h3-10H,1-2H3. The third-order valence-electron chi connectivity index (χ3n) is 2.73. The Labute approximate surface area is 101 Å². The van der Waals surface area contributed by atoms with Crippen LogP contribution < -0.4 is 10.6 Å². The predicted molar refractivity (Wildman–Crippen MR) is 70.3 cm³/mol. The van der Waals surface area contributed by atoms with E-state index >= 15 is 0 Å². The molecule has 2 aromatic rings. The van der Waals surface area contributed by atoms with Crippen molar-refractivity contribution in [2.45, 2.75) is 13.8 Å². The Morgan fingerprint density at radius 2 is 1.06 bits per heavy atom. The summed E-state index contributed by atoms with van der Waals surface area (Å²) < 4.78 is 26.5. The number of halogens is 1. The fraction of sp³-hybridized carbons (Fsp3) is 0.143. The first-order valence-corrected chi connectivity index (χ1v) is 7.04. The van der Waals surface area contributed by atoms with Gasteiger partial charge in [-0.1, -0.05) is 35.4 Å². The molecule has 0 heterocycles. The van der Waals surface area contributed by atoms with E-state index in [1.54, 1.807) is 48.5 Å². The molecular weight excluding hydrogens is 234 g/mol. The zero-order chi connectivity index (χ0) is 12.5. The van der Waals surface area contributed by atoms with Crippen molar-refractivity contribution in [3.8, 4) is 0 Å². The Kier molecular flexibility index (Phi) is 3.17. The molecule has 0 aromatic heterocycles. The van der Waals surface area contributed by atoms with Crippen LogP contribution in [0, 0.1) is 13.8 Å². The molecule has 88 valence electrons. The second-order valence-electron chi connectivity index (χ2n) is 4.20. The Bertz CT molecular complexity index is 508. The molecule has 0 atom stereocenters. The van der Waals surface area contributed by atoms with Crippen molar-refractivity contribution in [2.24, 2.45) is 0 Å².